The van der Waals surface area contributed by atoms with E-state index in [2.05, 4.69) is 10.5 Å². The molecule has 2 aromatic carbocycles. The minimum atomic E-state index is -3.70. The summed E-state index contributed by atoms with van der Waals surface area (Å²) < 4.78 is 25.4. The molecule has 0 saturated carbocycles. The lowest BCUT2D eigenvalue weighted by atomic mass is 10.0. The number of benzene rings is 2. The van der Waals surface area contributed by atoms with Gasteiger partial charge in [-0.15, -0.1) is 0 Å². The van der Waals surface area contributed by atoms with Crippen LogP contribution < -0.4 is 9.73 Å². The second-order valence-corrected chi connectivity index (χ2v) is 8.96. The lowest BCUT2D eigenvalue weighted by Gasteiger charge is -2.22. The number of nitro groups is 1. The van der Waals surface area contributed by atoms with Crippen LogP contribution in [0.3, 0.4) is 0 Å². The van der Waals surface area contributed by atoms with Crippen molar-refractivity contribution in [2.24, 2.45) is 5.10 Å². The number of rotatable bonds is 8. The molecule has 0 heterocycles. The van der Waals surface area contributed by atoms with E-state index in [0.717, 1.165) is 16.1 Å². The van der Waals surface area contributed by atoms with Crippen LogP contribution in [0.15, 0.2) is 53.6 Å². The summed E-state index contributed by atoms with van der Waals surface area (Å²) in [6.07, 6.45) is 1.02. The molecular formula is C20H24N4O5S. The summed E-state index contributed by atoms with van der Waals surface area (Å²) in [6, 6.07) is 12.8. The molecule has 2 aromatic rings. The molecule has 0 atom stereocenters. The van der Waals surface area contributed by atoms with E-state index >= 15 is 0 Å². The highest BCUT2D eigenvalue weighted by Gasteiger charge is 2.21. The summed E-state index contributed by atoms with van der Waals surface area (Å²) in [7, 11) is -3.70. The number of hydrazone groups is 1. The van der Waals surface area contributed by atoms with Crippen molar-refractivity contribution in [2.45, 2.75) is 26.7 Å². The lowest BCUT2D eigenvalue weighted by Crippen LogP contribution is -2.39. The van der Waals surface area contributed by atoms with Gasteiger partial charge in [0.2, 0.25) is 10.0 Å². The van der Waals surface area contributed by atoms with E-state index < -0.39 is 27.4 Å². The van der Waals surface area contributed by atoms with Gasteiger partial charge in [0, 0.05) is 17.7 Å². The van der Waals surface area contributed by atoms with Gasteiger partial charge in [-0.3, -0.25) is 19.2 Å². The number of amides is 1. The van der Waals surface area contributed by atoms with Crippen molar-refractivity contribution >= 4 is 33.0 Å². The van der Waals surface area contributed by atoms with Gasteiger partial charge in [-0.2, -0.15) is 5.10 Å². The number of non-ortho nitro benzene ring substituents is 1. The van der Waals surface area contributed by atoms with E-state index in [1.807, 2.05) is 26.0 Å². The molecule has 0 fully saturated rings. The second-order valence-electron chi connectivity index (χ2n) is 7.06. The summed E-state index contributed by atoms with van der Waals surface area (Å²) in [5, 5.41) is 14.8. The smallest absolute Gasteiger partial charge is 0.270 e. The van der Waals surface area contributed by atoms with Gasteiger partial charge in [-0.25, -0.2) is 13.8 Å². The maximum atomic E-state index is 12.3. The van der Waals surface area contributed by atoms with Crippen molar-refractivity contribution in [2.75, 3.05) is 17.1 Å². The summed E-state index contributed by atoms with van der Waals surface area (Å²) in [4.78, 5) is 22.7. The van der Waals surface area contributed by atoms with Crippen molar-refractivity contribution in [1.29, 1.82) is 0 Å². The molecule has 9 nitrogen and oxygen atoms in total. The molecule has 160 valence electrons. The first-order chi connectivity index (χ1) is 14.0. The van der Waals surface area contributed by atoms with Crippen LogP contribution in [0.2, 0.25) is 0 Å². The topological polar surface area (TPSA) is 122 Å². The predicted octanol–water partition coefficient (Wildman–Crippen LogP) is 3.02. The highest BCUT2D eigenvalue weighted by Crippen LogP contribution is 2.22. The van der Waals surface area contributed by atoms with Crippen LogP contribution in [0, 0.1) is 10.1 Å². The molecule has 2 rings (SSSR count). The van der Waals surface area contributed by atoms with Crippen LogP contribution in [0.1, 0.15) is 37.8 Å². The van der Waals surface area contributed by atoms with E-state index in [1.165, 1.54) is 18.2 Å². The molecule has 30 heavy (non-hydrogen) atoms. The number of nitrogens with zero attached hydrogens (tertiary/aromatic N) is 3. The monoisotopic (exact) mass is 432 g/mol. The Labute approximate surface area is 175 Å². The van der Waals surface area contributed by atoms with Crippen molar-refractivity contribution in [1.82, 2.24) is 5.43 Å². The quantitative estimate of drug-likeness (QED) is 0.390. The van der Waals surface area contributed by atoms with Crippen molar-refractivity contribution < 1.29 is 18.1 Å². The number of nitrogens with one attached hydrogen (secondary N) is 1. The van der Waals surface area contributed by atoms with Crippen LogP contribution in [0.5, 0.6) is 0 Å². The fourth-order valence-corrected chi connectivity index (χ4v) is 3.50. The Bertz CT molecular complexity index is 1060. The summed E-state index contributed by atoms with van der Waals surface area (Å²) in [5.41, 5.74) is 4.44. The fraction of sp³-hybridized carbons (Fsp3) is 0.300. The predicted molar refractivity (Wildman–Crippen MR) is 116 cm³/mol. The Morgan fingerprint density at radius 3 is 2.37 bits per heavy atom. The highest BCUT2D eigenvalue weighted by atomic mass is 32.2. The zero-order valence-electron chi connectivity index (χ0n) is 17.2. The highest BCUT2D eigenvalue weighted by molar-refractivity contribution is 7.92. The Morgan fingerprint density at radius 1 is 1.20 bits per heavy atom. The average Bonchev–Trinajstić information content (AvgIpc) is 2.69. The summed E-state index contributed by atoms with van der Waals surface area (Å²) in [5.74, 6) is -0.349. The fourth-order valence-electron chi connectivity index (χ4n) is 2.65. The molecule has 1 N–H and O–H groups in total. The maximum Gasteiger partial charge on any atom is 0.270 e. The number of nitro benzene ring substituents is 1. The van der Waals surface area contributed by atoms with Crippen LogP contribution in [0.25, 0.3) is 0 Å². The first-order valence-corrected chi connectivity index (χ1v) is 11.0. The van der Waals surface area contributed by atoms with E-state index in [4.69, 9.17) is 0 Å². The minimum absolute atomic E-state index is 0.0959. The van der Waals surface area contributed by atoms with Crippen LogP contribution in [0.4, 0.5) is 11.4 Å². The Hall–Kier alpha value is -3.27. The average molecular weight is 433 g/mol. The van der Waals surface area contributed by atoms with Crippen LogP contribution >= 0.6 is 0 Å². The largest absolute Gasteiger partial charge is 0.271 e. The molecule has 0 aromatic heterocycles. The molecule has 0 aliphatic heterocycles. The zero-order chi connectivity index (χ0) is 22.5. The van der Waals surface area contributed by atoms with Gasteiger partial charge in [-0.1, -0.05) is 38.1 Å². The maximum absolute atomic E-state index is 12.3. The van der Waals surface area contributed by atoms with Crippen molar-refractivity contribution in [3.05, 3.63) is 69.8 Å². The third kappa shape index (κ3) is 6.11. The van der Waals surface area contributed by atoms with Crippen LogP contribution in [-0.2, 0) is 14.8 Å². The van der Waals surface area contributed by atoms with E-state index in [9.17, 15) is 23.3 Å². The summed E-state index contributed by atoms with van der Waals surface area (Å²) >= 11 is 0. The molecule has 0 radical (unpaired) electrons. The van der Waals surface area contributed by atoms with Gasteiger partial charge >= 0.3 is 0 Å². The standard InChI is InChI=1S/C20H24N4O5S/c1-14(2)16-8-10-18(11-9-16)23(30(4,28)29)13-20(25)22-21-15(3)17-6-5-7-19(12-17)24(26)27/h5-12,14H,13H2,1-4H3,(H,22,25)/b21-15-. The molecule has 0 spiro atoms. The third-order valence-corrected chi connectivity index (χ3v) is 5.50. The first-order valence-electron chi connectivity index (χ1n) is 9.14. The van der Waals surface area contributed by atoms with Gasteiger partial charge in [-0.05, 0) is 30.5 Å². The number of sulfonamides is 1. The Balaban J connectivity index is 2.15. The number of hydrogen-bond donors (Lipinski definition) is 1. The Morgan fingerprint density at radius 2 is 1.83 bits per heavy atom. The normalized spacial score (nSPS) is 12.0. The molecule has 10 heteroatoms. The Kier molecular flexibility index (Phi) is 7.28. The van der Waals surface area contributed by atoms with Gasteiger partial charge in [0.25, 0.3) is 11.6 Å². The van der Waals surface area contributed by atoms with Gasteiger partial charge in [0.05, 0.1) is 22.6 Å². The van der Waals surface area contributed by atoms with Gasteiger partial charge in [0.15, 0.2) is 0 Å². The van der Waals surface area contributed by atoms with E-state index in [-0.39, 0.29) is 5.69 Å². The molecule has 0 unspecified atom stereocenters. The van der Waals surface area contributed by atoms with E-state index in [1.54, 1.807) is 25.1 Å². The molecule has 1 amide bonds. The van der Waals surface area contributed by atoms with Crippen molar-refractivity contribution in [3.63, 3.8) is 0 Å². The number of carbonyl (C=O) groups is 1. The number of anilines is 1. The molecule has 0 aliphatic rings. The van der Waals surface area contributed by atoms with Crippen LogP contribution in [-0.4, -0.2) is 37.8 Å². The first kappa shape index (κ1) is 23.0. The number of carbonyl (C=O) groups excluding carboxylic acids is 1. The second kappa shape index (κ2) is 9.49. The van der Waals surface area contributed by atoms with Gasteiger partial charge in [0.1, 0.15) is 6.54 Å². The molecule has 0 aliphatic carbocycles. The number of hydrogen-bond acceptors (Lipinski definition) is 6. The third-order valence-electron chi connectivity index (χ3n) is 4.36. The summed E-state index contributed by atoms with van der Waals surface area (Å²) in [6.45, 7) is 5.18. The zero-order valence-corrected chi connectivity index (χ0v) is 18.0. The molecular weight excluding hydrogens is 408 g/mol. The van der Waals surface area contributed by atoms with Gasteiger partial charge < -0.3 is 0 Å². The SMILES string of the molecule is C/C(=N/NC(=O)CN(c1ccc(C(C)C)cc1)S(C)(=O)=O)c1cccc([N+](=O)[O-])c1. The van der Waals surface area contributed by atoms with Crippen molar-refractivity contribution in [3.8, 4) is 0 Å². The van der Waals surface area contributed by atoms with E-state index in [0.29, 0.717) is 22.9 Å². The minimum Gasteiger partial charge on any atom is -0.271 e. The lowest BCUT2D eigenvalue weighted by molar-refractivity contribution is -0.384. The molecule has 0 bridgehead atoms. The molecule has 0 saturated heterocycles.